The minimum absolute atomic E-state index is 0.0160. The molecule has 0 aliphatic carbocycles. The Labute approximate surface area is 185 Å². The Bertz CT molecular complexity index is 1000. The number of aliphatic hydroxyl groups excluding tert-OH is 1. The lowest BCUT2D eigenvalue weighted by Gasteiger charge is -2.26. The zero-order chi connectivity index (χ0) is 22.0. The first-order valence-electron chi connectivity index (χ1n) is 9.27. The maximum Gasteiger partial charge on any atom is 0.295 e. The summed E-state index contributed by atoms with van der Waals surface area (Å²) in [5.41, 5.74) is 1.02. The summed E-state index contributed by atoms with van der Waals surface area (Å²) in [4.78, 5) is 29.1. The average molecular weight is 449 g/mol. The molecule has 3 rings (SSSR count). The summed E-state index contributed by atoms with van der Waals surface area (Å²) in [5.74, 6) is -1.04. The van der Waals surface area contributed by atoms with Crippen molar-refractivity contribution in [2.75, 3.05) is 34.3 Å². The number of hydrogen-bond acceptors (Lipinski definition) is 5. The smallest absolute Gasteiger partial charge is 0.295 e. The van der Waals surface area contributed by atoms with E-state index in [-0.39, 0.29) is 11.3 Å². The van der Waals surface area contributed by atoms with Crippen molar-refractivity contribution in [2.24, 2.45) is 0 Å². The van der Waals surface area contributed by atoms with Gasteiger partial charge in [-0.15, -0.1) is 0 Å². The van der Waals surface area contributed by atoms with Gasteiger partial charge in [-0.1, -0.05) is 29.3 Å². The molecule has 0 radical (unpaired) electrons. The van der Waals surface area contributed by atoms with E-state index in [1.54, 1.807) is 42.5 Å². The maximum atomic E-state index is 12.9. The summed E-state index contributed by atoms with van der Waals surface area (Å²) in [5, 5.41) is 11.7. The fraction of sp³-hybridized carbons (Fsp3) is 0.273. The highest BCUT2D eigenvalue weighted by Crippen LogP contribution is 2.40. The zero-order valence-electron chi connectivity index (χ0n) is 16.9. The minimum atomic E-state index is -0.776. The molecule has 6 nitrogen and oxygen atoms in total. The lowest BCUT2D eigenvalue weighted by Crippen LogP contribution is -2.35. The molecule has 0 aromatic heterocycles. The first-order chi connectivity index (χ1) is 14.2. The third kappa shape index (κ3) is 4.31. The second-order valence-electron chi connectivity index (χ2n) is 7.20. The molecule has 158 valence electrons. The van der Waals surface area contributed by atoms with Gasteiger partial charge in [-0.3, -0.25) is 9.59 Å². The van der Waals surface area contributed by atoms with Gasteiger partial charge in [0.2, 0.25) is 0 Å². The summed E-state index contributed by atoms with van der Waals surface area (Å²) < 4.78 is 5.14. The molecular formula is C22H22Cl2N2O4. The molecule has 1 saturated heterocycles. The molecular weight excluding hydrogens is 427 g/mol. The number of methoxy groups -OCH3 is 1. The molecule has 1 aliphatic rings. The molecule has 0 unspecified atom stereocenters. The monoisotopic (exact) mass is 448 g/mol. The summed E-state index contributed by atoms with van der Waals surface area (Å²) in [6, 6.07) is 10.8. The van der Waals surface area contributed by atoms with Crippen LogP contribution in [0.5, 0.6) is 5.75 Å². The van der Waals surface area contributed by atoms with Crippen molar-refractivity contribution in [3.8, 4) is 5.75 Å². The fourth-order valence-corrected chi connectivity index (χ4v) is 3.66. The number of benzene rings is 2. The lowest BCUT2D eigenvalue weighted by molar-refractivity contribution is -0.140. The topological polar surface area (TPSA) is 70.1 Å². The van der Waals surface area contributed by atoms with Crippen LogP contribution in [0.25, 0.3) is 5.76 Å². The van der Waals surface area contributed by atoms with Crippen LogP contribution in [0.2, 0.25) is 10.0 Å². The molecule has 1 aliphatic heterocycles. The number of ether oxygens (including phenoxy) is 1. The van der Waals surface area contributed by atoms with Crippen LogP contribution in [-0.2, 0) is 9.59 Å². The largest absolute Gasteiger partial charge is 0.507 e. The summed E-state index contributed by atoms with van der Waals surface area (Å²) in [7, 11) is 5.29. The zero-order valence-corrected chi connectivity index (χ0v) is 18.4. The quantitative estimate of drug-likeness (QED) is 0.411. The minimum Gasteiger partial charge on any atom is -0.507 e. The van der Waals surface area contributed by atoms with Crippen molar-refractivity contribution < 1.29 is 19.4 Å². The molecule has 0 saturated carbocycles. The van der Waals surface area contributed by atoms with Crippen LogP contribution in [0.15, 0.2) is 48.0 Å². The highest BCUT2D eigenvalue weighted by molar-refractivity contribution is 6.46. The van der Waals surface area contributed by atoms with E-state index in [0.29, 0.717) is 40.0 Å². The molecule has 30 heavy (non-hydrogen) atoms. The van der Waals surface area contributed by atoms with E-state index in [2.05, 4.69) is 0 Å². The van der Waals surface area contributed by atoms with Gasteiger partial charge in [-0.05, 0) is 56.1 Å². The molecule has 1 amide bonds. The second kappa shape index (κ2) is 9.08. The third-order valence-electron chi connectivity index (χ3n) is 4.95. The number of nitrogens with zero attached hydrogens (tertiary/aromatic N) is 2. The molecule has 1 atom stereocenters. The first kappa shape index (κ1) is 22.2. The van der Waals surface area contributed by atoms with Crippen LogP contribution in [0.1, 0.15) is 17.2 Å². The summed E-state index contributed by atoms with van der Waals surface area (Å²) in [6.07, 6.45) is 0. The Morgan fingerprint density at radius 3 is 2.33 bits per heavy atom. The van der Waals surface area contributed by atoms with Crippen molar-refractivity contribution >= 4 is 40.7 Å². The number of amides is 1. The number of Topliss-reactive ketones (excluding diaryl/α,β-unsaturated/α-hetero) is 1. The number of ketones is 1. The number of rotatable bonds is 6. The number of carbonyl (C=O) groups is 2. The second-order valence-corrected chi connectivity index (χ2v) is 8.01. The van der Waals surface area contributed by atoms with Crippen LogP contribution in [0.3, 0.4) is 0 Å². The molecule has 0 spiro atoms. The van der Waals surface area contributed by atoms with Crippen molar-refractivity contribution in [1.29, 1.82) is 0 Å². The van der Waals surface area contributed by atoms with Gasteiger partial charge in [0, 0.05) is 18.7 Å². The number of aliphatic hydroxyl groups is 1. The molecule has 2 aromatic carbocycles. The SMILES string of the molecule is COc1ccc(C(O)=C2C(=O)C(=O)N(CCN(C)C)[C@@H]2c2ccc(Cl)c(Cl)c2)cc1. The van der Waals surface area contributed by atoms with Crippen LogP contribution in [-0.4, -0.2) is 60.9 Å². The van der Waals surface area contributed by atoms with Gasteiger partial charge < -0.3 is 19.6 Å². The van der Waals surface area contributed by atoms with Gasteiger partial charge in [-0.2, -0.15) is 0 Å². The van der Waals surface area contributed by atoms with Gasteiger partial charge in [0.1, 0.15) is 11.5 Å². The van der Waals surface area contributed by atoms with Crippen molar-refractivity contribution in [3.63, 3.8) is 0 Å². The van der Waals surface area contributed by atoms with Gasteiger partial charge in [-0.25, -0.2) is 0 Å². The highest BCUT2D eigenvalue weighted by Gasteiger charge is 2.46. The van der Waals surface area contributed by atoms with Crippen LogP contribution >= 0.6 is 23.2 Å². The van der Waals surface area contributed by atoms with Gasteiger partial charge in [0.05, 0.1) is 28.8 Å². The van der Waals surface area contributed by atoms with Crippen molar-refractivity contribution in [2.45, 2.75) is 6.04 Å². The van der Waals surface area contributed by atoms with E-state index < -0.39 is 17.7 Å². The standard InChI is InChI=1S/C22H22Cl2N2O4/c1-25(2)10-11-26-19(14-6-9-16(23)17(24)12-14)18(21(28)22(26)29)20(27)13-4-7-15(30-3)8-5-13/h4-9,12,19,27H,10-11H2,1-3H3/t19-/m1/s1. The predicted octanol–water partition coefficient (Wildman–Crippen LogP) is 3.99. The Morgan fingerprint density at radius 1 is 1.10 bits per heavy atom. The Kier molecular flexibility index (Phi) is 6.71. The molecule has 1 heterocycles. The van der Waals surface area contributed by atoms with E-state index in [9.17, 15) is 14.7 Å². The molecule has 1 N–H and O–H groups in total. The number of hydrogen-bond donors (Lipinski definition) is 1. The number of halogens is 2. The Hall–Kier alpha value is -2.54. The van der Waals surface area contributed by atoms with E-state index in [0.717, 1.165) is 0 Å². The van der Waals surface area contributed by atoms with Crippen LogP contribution < -0.4 is 4.74 Å². The van der Waals surface area contributed by atoms with Crippen LogP contribution in [0, 0.1) is 0 Å². The average Bonchev–Trinajstić information content (AvgIpc) is 2.98. The van der Waals surface area contributed by atoms with E-state index in [4.69, 9.17) is 27.9 Å². The molecule has 2 aromatic rings. The first-order valence-corrected chi connectivity index (χ1v) is 10.0. The third-order valence-corrected chi connectivity index (χ3v) is 5.69. The normalized spacial score (nSPS) is 18.3. The number of carbonyl (C=O) groups excluding carboxylic acids is 2. The van der Waals surface area contributed by atoms with Crippen LogP contribution in [0.4, 0.5) is 0 Å². The lowest BCUT2D eigenvalue weighted by atomic mass is 9.95. The van der Waals surface area contributed by atoms with Gasteiger partial charge in [0.25, 0.3) is 11.7 Å². The number of likely N-dealkylation sites (N-methyl/N-ethyl adjacent to an activating group) is 1. The Balaban J connectivity index is 2.15. The Morgan fingerprint density at radius 2 is 1.77 bits per heavy atom. The van der Waals surface area contributed by atoms with Crippen molar-refractivity contribution in [1.82, 2.24) is 9.80 Å². The summed E-state index contributed by atoms with van der Waals surface area (Å²) >= 11 is 12.2. The molecule has 1 fully saturated rings. The molecule has 0 bridgehead atoms. The van der Waals surface area contributed by atoms with E-state index in [1.807, 2.05) is 19.0 Å². The van der Waals surface area contributed by atoms with E-state index >= 15 is 0 Å². The van der Waals surface area contributed by atoms with E-state index in [1.165, 1.54) is 12.0 Å². The predicted molar refractivity (Wildman–Crippen MR) is 117 cm³/mol. The fourth-order valence-electron chi connectivity index (χ4n) is 3.35. The highest BCUT2D eigenvalue weighted by atomic mass is 35.5. The van der Waals surface area contributed by atoms with Gasteiger partial charge in [0.15, 0.2) is 0 Å². The number of likely N-dealkylation sites (tertiary alicyclic amines) is 1. The molecule has 8 heteroatoms. The maximum absolute atomic E-state index is 12.9. The van der Waals surface area contributed by atoms with Crippen molar-refractivity contribution in [3.05, 3.63) is 69.2 Å². The summed E-state index contributed by atoms with van der Waals surface area (Å²) in [6.45, 7) is 0.856. The van der Waals surface area contributed by atoms with Gasteiger partial charge >= 0.3 is 0 Å².